The third-order valence-corrected chi connectivity index (χ3v) is 6.02. The number of ether oxygens (including phenoxy) is 1. The van der Waals surface area contributed by atoms with Gasteiger partial charge in [0.1, 0.15) is 18.5 Å². The van der Waals surface area contributed by atoms with Gasteiger partial charge in [0.05, 0.1) is 0 Å². The molecule has 2 atom stereocenters. The first-order valence-corrected chi connectivity index (χ1v) is 13.0. The van der Waals surface area contributed by atoms with E-state index in [1.807, 2.05) is 31.5 Å². The molecule has 0 N–H and O–H groups in total. The maximum Gasteiger partial charge on any atom is 0.165 e. The molecule has 2 unspecified atom stereocenters. The van der Waals surface area contributed by atoms with E-state index >= 15 is 0 Å². The van der Waals surface area contributed by atoms with Gasteiger partial charge in [-0.25, -0.2) is 18.7 Å². The first kappa shape index (κ1) is 27.2. The third kappa shape index (κ3) is 11.1. The lowest BCUT2D eigenvalue weighted by Gasteiger charge is -2.14. The van der Waals surface area contributed by atoms with Crippen LogP contribution in [0.2, 0.25) is 0 Å². The van der Waals surface area contributed by atoms with Crippen molar-refractivity contribution in [3.63, 3.8) is 0 Å². The summed E-state index contributed by atoms with van der Waals surface area (Å²) in [6, 6.07) is 7.21. The summed E-state index contributed by atoms with van der Waals surface area (Å²) in [6.45, 7) is 4.03. The highest BCUT2D eigenvalue weighted by molar-refractivity contribution is 5.55. The molecule has 2 aromatic rings. The predicted molar refractivity (Wildman–Crippen MR) is 133 cm³/mol. The number of nitrogens with zero attached hydrogens (tertiary/aromatic N) is 2. The first-order valence-electron chi connectivity index (χ1n) is 13.0. The molecule has 5 heteroatoms. The van der Waals surface area contributed by atoms with Gasteiger partial charge in [-0.1, -0.05) is 78.1 Å². The van der Waals surface area contributed by atoms with E-state index in [1.165, 1.54) is 56.9 Å². The Labute approximate surface area is 199 Å². The number of hydrogen-bond acceptors (Lipinski definition) is 3. The lowest BCUT2D eigenvalue weighted by molar-refractivity contribution is 0.102. The summed E-state index contributed by atoms with van der Waals surface area (Å²) >= 11 is 0. The highest BCUT2D eigenvalue weighted by atomic mass is 19.2. The van der Waals surface area contributed by atoms with Crippen molar-refractivity contribution in [2.24, 2.45) is 0 Å². The summed E-state index contributed by atoms with van der Waals surface area (Å²) in [7, 11) is 0. The average Bonchev–Trinajstić information content (AvgIpc) is 2.85. The molecule has 0 aliphatic heterocycles. The maximum atomic E-state index is 14.0. The fourth-order valence-electron chi connectivity index (χ4n) is 3.85. The molecule has 0 radical (unpaired) electrons. The SMILES string of the molecule is CCCCCCCCCCc1cnc(-c2ccc(OCC(F)C(F)CCCCC)cc2)nc1. The number of aryl methyl sites for hydroxylation is 1. The van der Waals surface area contributed by atoms with Crippen LogP contribution in [-0.4, -0.2) is 28.9 Å². The van der Waals surface area contributed by atoms with Gasteiger partial charge >= 0.3 is 0 Å². The molecule has 0 aliphatic carbocycles. The van der Waals surface area contributed by atoms with E-state index in [9.17, 15) is 8.78 Å². The zero-order valence-electron chi connectivity index (χ0n) is 20.6. The quantitative estimate of drug-likeness (QED) is 0.209. The molecule has 33 heavy (non-hydrogen) atoms. The molecule has 0 amide bonds. The molecule has 1 heterocycles. The number of benzene rings is 1. The van der Waals surface area contributed by atoms with Gasteiger partial charge in [-0.2, -0.15) is 0 Å². The monoisotopic (exact) mass is 460 g/mol. The second-order valence-electron chi connectivity index (χ2n) is 9.00. The number of halogens is 2. The van der Waals surface area contributed by atoms with Crippen molar-refractivity contribution in [1.29, 1.82) is 0 Å². The molecular formula is C28H42F2N2O. The number of alkyl halides is 2. The largest absolute Gasteiger partial charge is 0.490 e. The van der Waals surface area contributed by atoms with Crippen molar-refractivity contribution in [1.82, 2.24) is 9.97 Å². The van der Waals surface area contributed by atoms with Gasteiger partial charge < -0.3 is 4.74 Å². The Balaban J connectivity index is 1.70. The highest BCUT2D eigenvalue weighted by Gasteiger charge is 2.20. The van der Waals surface area contributed by atoms with Gasteiger partial charge in [0, 0.05) is 18.0 Å². The average molecular weight is 461 g/mol. The van der Waals surface area contributed by atoms with Crippen LogP contribution in [0.1, 0.15) is 96.5 Å². The highest BCUT2D eigenvalue weighted by Crippen LogP contribution is 2.21. The molecule has 0 aliphatic rings. The molecule has 184 valence electrons. The minimum Gasteiger partial charge on any atom is -0.490 e. The van der Waals surface area contributed by atoms with Crippen LogP contribution in [0.25, 0.3) is 11.4 Å². The summed E-state index contributed by atoms with van der Waals surface area (Å²) in [6.07, 6.45) is 15.1. The van der Waals surface area contributed by atoms with Crippen molar-refractivity contribution in [3.05, 3.63) is 42.2 Å². The van der Waals surface area contributed by atoms with Crippen LogP contribution in [-0.2, 0) is 6.42 Å². The summed E-state index contributed by atoms with van der Waals surface area (Å²) < 4.78 is 33.2. The normalized spacial score (nSPS) is 13.1. The Hall–Kier alpha value is -2.04. The zero-order chi connectivity index (χ0) is 23.7. The summed E-state index contributed by atoms with van der Waals surface area (Å²) in [5.41, 5.74) is 2.04. The molecule has 3 nitrogen and oxygen atoms in total. The molecule has 1 aromatic carbocycles. The van der Waals surface area contributed by atoms with Crippen molar-refractivity contribution >= 4 is 0 Å². The van der Waals surface area contributed by atoms with E-state index < -0.39 is 12.3 Å². The van der Waals surface area contributed by atoms with E-state index in [-0.39, 0.29) is 13.0 Å². The van der Waals surface area contributed by atoms with E-state index in [2.05, 4.69) is 16.9 Å². The van der Waals surface area contributed by atoms with Gasteiger partial charge in [-0.3, -0.25) is 0 Å². The number of aromatic nitrogens is 2. The Kier molecular flexibility index (Phi) is 13.6. The topological polar surface area (TPSA) is 35.0 Å². The summed E-state index contributed by atoms with van der Waals surface area (Å²) in [5, 5.41) is 0. The van der Waals surface area contributed by atoms with Gasteiger partial charge in [0.2, 0.25) is 0 Å². The smallest absolute Gasteiger partial charge is 0.165 e. The molecule has 2 rings (SSSR count). The Bertz CT molecular complexity index is 737. The minimum absolute atomic E-state index is 0.254. The van der Waals surface area contributed by atoms with Crippen LogP contribution >= 0.6 is 0 Å². The van der Waals surface area contributed by atoms with E-state index in [1.54, 1.807) is 12.1 Å². The van der Waals surface area contributed by atoms with Crippen LogP contribution < -0.4 is 4.74 Å². The van der Waals surface area contributed by atoms with Crippen molar-refractivity contribution in [2.45, 2.75) is 110 Å². The van der Waals surface area contributed by atoms with Crippen LogP contribution in [0, 0.1) is 0 Å². The fraction of sp³-hybridized carbons (Fsp3) is 0.643. The van der Waals surface area contributed by atoms with E-state index in [0.717, 1.165) is 24.8 Å². The van der Waals surface area contributed by atoms with Gasteiger partial charge in [-0.05, 0) is 49.1 Å². The number of unbranched alkanes of at least 4 members (excludes halogenated alkanes) is 9. The first-order chi connectivity index (χ1) is 16.1. The van der Waals surface area contributed by atoms with Gasteiger partial charge in [0.15, 0.2) is 12.0 Å². The zero-order valence-corrected chi connectivity index (χ0v) is 20.6. The Morgan fingerprint density at radius 2 is 1.30 bits per heavy atom. The van der Waals surface area contributed by atoms with Crippen LogP contribution in [0.15, 0.2) is 36.7 Å². The fourth-order valence-corrected chi connectivity index (χ4v) is 3.85. The molecule has 0 bridgehead atoms. The molecule has 0 saturated carbocycles. The van der Waals surface area contributed by atoms with E-state index in [0.29, 0.717) is 18.0 Å². The Morgan fingerprint density at radius 3 is 1.94 bits per heavy atom. The van der Waals surface area contributed by atoms with Crippen LogP contribution in [0.4, 0.5) is 8.78 Å². The minimum atomic E-state index is -1.60. The molecule has 0 saturated heterocycles. The third-order valence-electron chi connectivity index (χ3n) is 6.02. The lowest BCUT2D eigenvalue weighted by Crippen LogP contribution is -2.24. The van der Waals surface area contributed by atoms with Crippen LogP contribution in [0.5, 0.6) is 5.75 Å². The van der Waals surface area contributed by atoms with Gasteiger partial charge in [0.25, 0.3) is 0 Å². The maximum absolute atomic E-state index is 14.0. The predicted octanol–water partition coefficient (Wildman–Crippen LogP) is 8.46. The number of hydrogen-bond donors (Lipinski definition) is 0. The lowest BCUT2D eigenvalue weighted by atomic mass is 10.1. The summed E-state index contributed by atoms with van der Waals surface area (Å²) in [4.78, 5) is 9.00. The van der Waals surface area contributed by atoms with Gasteiger partial charge in [-0.15, -0.1) is 0 Å². The second kappa shape index (κ2) is 16.6. The van der Waals surface area contributed by atoms with Crippen molar-refractivity contribution in [2.75, 3.05) is 6.61 Å². The van der Waals surface area contributed by atoms with Crippen LogP contribution in [0.3, 0.4) is 0 Å². The molecular weight excluding hydrogens is 418 g/mol. The van der Waals surface area contributed by atoms with Crippen molar-refractivity contribution < 1.29 is 13.5 Å². The molecule has 0 spiro atoms. The molecule has 0 fully saturated rings. The number of rotatable bonds is 18. The Morgan fingerprint density at radius 1 is 0.727 bits per heavy atom. The second-order valence-corrected chi connectivity index (χ2v) is 9.00. The van der Waals surface area contributed by atoms with Crippen molar-refractivity contribution in [3.8, 4) is 17.1 Å². The van der Waals surface area contributed by atoms with E-state index in [4.69, 9.17) is 4.74 Å². The standard InChI is InChI=1S/C28H42F2N2O/c1-3-5-7-8-9-10-11-13-14-23-20-31-28(32-21-23)24-16-18-25(19-17-24)33-22-27(30)26(29)15-12-6-4-2/h16-21,26-27H,3-15,22H2,1-2H3. The summed E-state index contributed by atoms with van der Waals surface area (Å²) in [5.74, 6) is 1.18. The molecule has 1 aromatic heterocycles.